The molecule has 3 aromatic carbocycles. The number of benzene rings is 3. The minimum atomic E-state index is 0.584. The summed E-state index contributed by atoms with van der Waals surface area (Å²) in [5.41, 5.74) is 4.95. The van der Waals surface area contributed by atoms with Crippen molar-refractivity contribution in [2.45, 2.75) is 20.1 Å². The van der Waals surface area contributed by atoms with Crippen molar-refractivity contribution in [3.8, 4) is 5.75 Å². The van der Waals surface area contributed by atoms with Gasteiger partial charge in [-0.2, -0.15) is 5.10 Å². The summed E-state index contributed by atoms with van der Waals surface area (Å²) in [6, 6.07) is 27.2. The summed E-state index contributed by atoms with van der Waals surface area (Å²) in [6.45, 7) is 7.73. The van der Waals surface area contributed by atoms with Gasteiger partial charge in [-0.3, -0.25) is 9.91 Å². The average Bonchev–Trinajstić information content (AvgIpc) is 2.80. The standard InChI is InChI=1S/C26H29N3O/c1-22-7-9-24(10-8-22)20-28-15-17-29(18-16-28)27-19-23-11-13-26(14-12-23)30-21-25-5-3-2-4-6-25/h2-14,19H,15-18,20-21H2,1H3/b27-19-. The Labute approximate surface area is 179 Å². The second-order valence-electron chi connectivity index (χ2n) is 7.80. The molecule has 30 heavy (non-hydrogen) atoms. The van der Waals surface area contributed by atoms with E-state index in [1.165, 1.54) is 16.7 Å². The van der Waals surface area contributed by atoms with E-state index in [0.29, 0.717) is 6.61 Å². The number of ether oxygens (including phenoxy) is 1. The Kier molecular flexibility index (Phi) is 6.78. The van der Waals surface area contributed by atoms with Crippen molar-refractivity contribution in [2.75, 3.05) is 26.2 Å². The minimum absolute atomic E-state index is 0.584. The van der Waals surface area contributed by atoms with Gasteiger partial charge in [-0.15, -0.1) is 0 Å². The highest BCUT2D eigenvalue weighted by molar-refractivity contribution is 5.79. The second kappa shape index (κ2) is 10.1. The highest BCUT2D eigenvalue weighted by atomic mass is 16.5. The Bertz CT molecular complexity index is 928. The van der Waals surface area contributed by atoms with Crippen molar-refractivity contribution >= 4 is 6.21 Å². The molecule has 0 aromatic heterocycles. The summed E-state index contributed by atoms with van der Waals surface area (Å²) in [5, 5.41) is 6.83. The maximum absolute atomic E-state index is 5.85. The predicted molar refractivity (Wildman–Crippen MR) is 123 cm³/mol. The van der Waals surface area contributed by atoms with Crippen molar-refractivity contribution in [1.29, 1.82) is 0 Å². The van der Waals surface area contributed by atoms with Crippen LogP contribution in [0.2, 0.25) is 0 Å². The van der Waals surface area contributed by atoms with E-state index < -0.39 is 0 Å². The van der Waals surface area contributed by atoms with Crippen molar-refractivity contribution in [3.63, 3.8) is 0 Å². The topological polar surface area (TPSA) is 28.1 Å². The third kappa shape index (κ3) is 5.94. The van der Waals surface area contributed by atoms with Gasteiger partial charge in [0.2, 0.25) is 0 Å². The van der Waals surface area contributed by atoms with E-state index >= 15 is 0 Å². The molecule has 1 heterocycles. The molecule has 0 aliphatic carbocycles. The molecule has 0 amide bonds. The van der Waals surface area contributed by atoms with Crippen LogP contribution in [0.25, 0.3) is 0 Å². The number of hydrazone groups is 1. The van der Waals surface area contributed by atoms with Gasteiger partial charge >= 0.3 is 0 Å². The highest BCUT2D eigenvalue weighted by Gasteiger charge is 2.15. The fourth-order valence-electron chi connectivity index (χ4n) is 3.50. The van der Waals surface area contributed by atoms with Gasteiger partial charge in [0.15, 0.2) is 0 Å². The summed E-state index contributed by atoms with van der Waals surface area (Å²) in [6.07, 6.45) is 1.94. The molecular formula is C26H29N3O. The lowest BCUT2D eigenvalue weighted by Gasteiger charge is -2.33. The monoisotopic (exact) mass is 399 g/mol. The van der Waals surface area contributed by atoms with E-state index in [1.807, 2.05) is 36.5 Å². The highest BCUT2D eigenvalue weighted by Crippen LogP contribution is 2.14. The Morgan fingerprint density at radius 2 is 1.50 bits per heavy atom. The molecule has 1 fully saturated rings. The van der Waals surface area contributed by atoms with Crippen LogP contribution in [0.3, 0.4) is 0 Å². The first-order valence-corrected chi connectivity index (χ1v) is 10.6. The molecule has 4 heteroatoms. The smallest absolute Gasteiger partial charge is 0.119 e. The number of aryl methyl sites for hydroxylation is 1. The normalized spacial score (nSPS) is 14.9. The maximum atomic E-state index is 5.85. The molecule has 0 N–H and O–H groups in total. The molecule has 3 aromatic rings. The van der Waals surface area contributed by atoms with Gasteiger partial charge in [-0.1, -0.05) is 60.2 Å². The van der Waals surface area contributed by atoms with Gasteiger partial charge in [0.25, 0.3) is 0 Å². The van der Waals surface area contributed by atoms with Crippen LogP contribution >= 0.6 is 0 Å². The Morgan fingerprint density at radius 3 is 2.20 bits per heavy atom. The summed E-state index contributed by atoms with van der Waals surface area (Å²) in [5.74, 6) is 0.876. The molecule has 1 aliphatic heterocycles. The second-order valence-corrected chi connectivity index (χ2v) is 7.80. The van der Waals surface area contributed by atoms with Gasteiger partial charge in [0.05, 0.1) is 6.21 Å². The van der Waals surface area contributed by atoms with Gasteiger partial charge < -0.3 is 4.74 Å². The number of piperazine rings is 1. The molecule has 154 valence electrons. The fraction of sp³-hybridized carbons (Fsp3) is 0.269. The molecule has 4 nitrogen and oxygen atoms in total. The van der Waals surface area contributed by atoms with Gasteiger partial charge in [-0.05, 0) is 47.9 Å². The lowest BCUT2D eigenvalue weighted by Crippen LogP contribution is -2.43. The number of rotatable bonds is 7. The van der Waals surface area contributed by atoms with Crippen LogP contribution in [0.5, 0.6) is 5.75 Å². The van der Waals surface area contributed by atoms with Crippen molar-refractivity contribution in [1.82, 2.24) is 9.91 Å². The number of hydrogen-bond donors (Lipinski definition) is 0. The van der Waals surface area contributed by atoms with E-state index in [2.05, 4.69) is 70.5 Å². The first kappa shape index (κ1) is 20.2. The molecule has 0 saturated carbocycles. The zero-order chi connectivity index (χ0) is 20.6. The minimum Gasteiger partial charge on any atom is -0.489 e. The largest absolute Gasteiger partial charge is 0.489 e. The third-order valence-electron chi connectivity index (χ3n) is 5.37. The van der Waals surface area contributed by atoms with Crippen molar-refractivity contribution in [2.24, 2.45) is 5.10 Å². The van der Waals surface area contributed by atoms with Crippen LogP contribution in [0, 0.1) is 6.92 Å². The van der Waals surface area contributed by atoms with Crippen LogP contribution in [0.15, 0.2) is 84.0 Å². The predicted octanol–water partition coefficient (Wildman–Crippen LogP) is 4.73. The van der Waals surface area contributed by atoms with E-state index in [4.69, 9.17) is 4.74 Å². The van der Waals surface area contributed by atoms with E-state index in [-0.39, 0.29) is 0 Å². The van der Waals surface area contributed by atoms with Crippen LogP contribution in [0.4, 0.5) is 0 Å². The molecule has 1 saturated heterocycles. The Balaban J connectivity index is 1.22. The van der Waals surface area contributed by atoms with E-state index in [9.17, 15) is 0 Å². The molecule has 0 bridgehead atoms. The SMILES string of the molecule is Cc1ccc(CN2CCN(/N=C\c3ccc(OCc4ccccc4)cc3)CC2)cc1. The van der Waals surface area contributed by atoms with E-state index in [0.717, 1.165) is 44.0 Å². The molecule has 0 atom stereocenters. The Morgan fingerprint density at radius 1 is 0.800 bits per heavy atom. The van der Waals surface area contributed by atoms with Gasteiger partial charge in [0.1, 0.15) is 12.4 Å². The van der Waals surface area contributed by atoms with Crippen molar-refractivity contribution in [3.05, 3.63) is 101 Å². The molecule has 0 unspecified atom stereocenters. The third-order valence-corrected chi connectivity index (χ3v) is 5.37. The zero-order valence-corrected chi connectivity index (χ0v) is 17.6. The zero-order valence-electron chi connectivity index (χ0n) is 17.6. The molecule has 0 spiro atoms. The molecule has 4 rings (SSSR count). The molecular weight excluding hydrogens is 370 g/mol. The van der Waals surface area contributed by atoms with Crippen LogP contribution < -0.4 is 4.74 Å². The number of nitrogens with zero attached hydrogens (tertiary/aromatic N) is 3. The summed E-state index contributed by atoms with van der Waals surface area (Å²) < 4.78 is 5.85. The fourth-order valence-corrected chi connectivity index (χ4v) is 3.50. The molecule has 1 aliphatic rings. The summed E-state index contributed by atoms with van der Waals surface area (Å²) in [4.78, 5) is 2.50. The van der Waals surface area contributed by atoms with E-state index in [1.54, 1.807) is 0 Å². The van der Waals surface area contributed by atoms with Crippen molar-refractivity contribution < 1.29 is 4.74 Å². The molecule has 0 radical (unpaired) electrons. The quantitative estimate of drug-likeness (QED) is 0.538. The summed E-state index contributed by atoms with van der Waals surface area (Å²) in [7, 11) is 0. The van der Waals surface area contributed by atoms with Crippen LogP contribution in [-0.4, -0.2) is 42.3 Å². The summed E-state index contributed by atoms with van der Waals surface area (Å²) >= 11 is 0. The van der Waals surface area contributed by atoms with Gasteiger partial charge in [0, 0.05) is 32.7 Å². The lowest BCUT2D eigenvalue weighted by atomic mass is 10.1. The first-order valence-electron chi connectivity index (χ1n) is 10.6. The Hall–Kier alpha value is -3.11. The van der Waals surface area contributed by atoms with Crippen LogP contribution in [0.1, 0.15) is 22.3 Å². The average molecular weight is 400 g/mol. The maximum Gasteiger partial charge on any atom is 0.119 e. The lowest BCUT2D eigenvalue weighted by molar-refractivity contribution is 0.131. The van der Waals surface area contributed by atoms with Gasteiger partial charge in [-0.25, -0.2) is 0 Å². The first-order chi connectivity index (χ1) is 14.7. The van der Waals surface area contributed by atoms with Crippen LogP contribution in [-0.2, 0) is 13.2 Å². The number of hydrogen-bond acceptors (Lipinski definition) is 4.